The molecule has 1 aromatic carbocycles. The van der Waals surface area contributed by atoms with Crippen molar-refractivity contribution in [2.45, 2.75) is 32.7 Å². The van der Waals surface area contributed by atoms with Gasteiger partial charge in [0.15, 0.2) is 11.5 Å². The van der Waals surface area contributed by atoms with Gasteiger partial charge in [0.1, 0.15) is 0 Å². The zero-order valence-corrected chi connectivity index (χ0v) is 11.0. The first-order chi connectivity index (χ1) is 8.85. The largest absolute Gasteiger partial charge is 0.454 e. The van der Waals surface area contributed by atoms with Crippen molar-refractivity contribution in [3.8, 4) is 11.5 Å². The lowest BCUT2D eigenvalue weighted by Gasteiger charge is -2.21. The third-order valence-corrected chi connectivity index (χ3v) is 3.60. The van der Waals surface area contributed by atoms with Crippen molar-refractivity contribution in [1.82, 2.24) is 4.90 Å². The number of hydrogen-bond donors (Lipinski definition) is 0. The first-order valence-corrected chi connectivity index (χ1v) is 6.96. The minimum Gasteiger partial charge on any atom is -0.454 e. The Labute approximate surface area is 109 Å². The average Bonchev–Trinajstić information content (AvgIpc) is 3.05. The molecule has 3 heteroatoms. The van der Waals surface area contributed by atoms with E-state index in [1.165, 1.54) is 37.9 Å². The van der Waals surface area contributed by atoms with Crippen LogP contribution < -0.4 is 9.47 Å². The normalized spacial score (nSPS) is 17.4. The van der Waals surface area contributed by atoms with Crippen molar-refractivity contribution < 1.29 is 9.47 Å². The van der Waals surface area contributed by atoms with E-state index in [4.69, 9.17) is 9.47 Å². The van der Waals surface area contributed by atoms with Gasteiger partial charge in [-0.1, -0.05) is 13.0 Å². The molecule has 1 aliphatic heterocycles. The van der Waals surface area contributed by atoms with E-state index in [9.17, 15) is 0 Å². The minimum absolute atomic E-state index is 0.361. The second-order valence-corrected chi connectivity index (χ2v) is 5.37. The molecule has 3 nitrogen and oxygen atoms in total. The summed E-state index contributed by atoms with van der Waals surface area (Å²) < 4.78 is 10.8. The van der Waals surface area contributed by atoms with E-state index in [2.05, 4.69) is 24.0 Å². The molecule has 0 amide bonds. The molecule has 1 heterocycles. The summed E-state index contributed by atoms with van der Waals surface area (Å²) in [6, 6.07) is 6.31. The summed E-state index contributed by atoms with van der Waals surface area (Å²) in [5, 5.41) is 0. The molecule has 0 N–H and O–H groups in total. The summed E-state index contributed by atoms with van der Waals surface area (Å²) in [7, 11) is 0. The minimum atomic E-state index is 0.361. The topological polar surface area (TPSA) is 21.7 Å². The van der Waals surface area contributed by atoms with E-state index in [0.717, 1.165) is 24.0 Å². The monoisotopic (exact) mass is 247 g/mol. The molecule has 2 aliphatic rings. The van der Waals surface area contributed by atoms with Crippen LogP contribution in [-0.2, 0) is 6.54 Å². The van der Waals surface area contributed by atoms with Crippen molar-refractivity contribution >= 4 is 0 Å². The van der Waals surface area contributed by atoms with E-state index < -0.39 is 0 Å². The first kappa shape index (κ1) is 11.8. The summed E-state index contributed by atoms with van der Waals surface area (Å²) >= 11 is 0. The van der Waals surface area contributed by atoms with Gasteiger partial charge in [0.2, 0.25) is 6.79 Å². The van der Waals surface area contributed by atoms with Gasteiger partial charge in [-0.05, 0) is 49.4 Å². The highest BCUT2D eigenvalue weighted by molar-refractivity contribution is 5.44. The van der Waals surface area contributed by atoms with Gasteiger partial charge in [0.25, 0.3) is 0 Å². The number of ether oxygens (including phenoxy) is 2. The highest BCUT2D eigenvalue weighted by Gasteiger charge is 2.24. The van der Waals surface area contributed by atoms with Gasteiger partial charge in [-0.3, -0.25) is 4.90 Å². The fourth-order valence-electron chi connectivity index (χ4n) is 2.51. The zero-order chi connectivity index (χ0) is 12.4. The maximum Gasteiger partial charge on any atom is 0.231 e. The molecule has 1 aliphatic carbocycles. The number of rotatable bonds is 6. The smallest absolute Gasteiger partial charge is 0.231 e. The first-order valence-electron chi connectivity index (χ1n) is 6.96. The van der Waals surface area contributed by atoms with Gasteiger partial charge in [0, 0.05) is 13.1 Å². The molecular weight excluding hydrogens is 226 g/mol. The van der Waals surface area contributed by atoms with Crippen molar-refractivity contribution in [3.05, 3.63) is 23.8 Å². The lowest BCUT2D eigenvalue weighted by Crippen LogP contribution is -2.26. The third kappa shape index (κ3) is 2.78. The van der Waals surface area contributed by atoms with Gasteiger partial charge in [-0.15, -0.1) is 0 Å². The Morgan fingerprint density at radius 1 is 1.22 bits per heavy atom. The molecule has 0 atom stereocenters. The van der Waals surface area contributed by atoms with Gasteiger partial charge in [0.05, 0.1) is 0 Å². The van der Waals surface area contributed by atoms with E-state index in [1.807, 2.05) is 6.07 Å². The highest BCUT2D eigenvalue weighted by atomic mass is 16.7. The molecule has 0 unspecified atom stereocenters. The van der Waals surface area contributed by atoms with Crippen LogP contribution in [0, 0.1) is 5.92 Å². The fourth-order valence-corrected chi connectivity index (χ4v) is 2.51. The van der Waals surface area contributed by atoms with Crippen molar-refractivity contribution in [2.75, 3.05) is 19.9 Å². The number of nitrogens with zero attached hydrogens (tertiary/aromatic N) is 1. The number of benzene rings is 1. The predicted molar refractivity (Wildman–Crippen MR) is 70.9 cm³/mol. The molecule has 18 heavy (non-hydrogen) atoms. The summed E-state index contributed by atoms with van der Waals surface area (Å²) in [6.07, 6.45) is 4.06. The van der Waals surface area contributed by atoms with Crippen LogP contribution in [0.4, 0.5) is 0 Å². The summed E-state index contributed by atoms with van der Waals surface area (Å²) in [6.45, 7) is 6.08. The molecule has 1 fully saturated rings. The summed E-state index contributed by atoms with van der Waals surface area (Å²) in [5.74, 6) is 2.73. The van der Waals surface area contributed by atoms with Crippen LogP contribution >= 0.6 is 0 Å². The average molecular weight is 247 g/mol. The SMILES string of the molecule is CCCN(Cc1ccc2c(c1)OCO2)CC1CC1. The van der Waals surface area contributed by atoms with Crippen LogP contribution in [0.3, 0.4) is 0 Å². The standard InChI is InChI=1S/C15H21NO2/c1-2-7-16(9-12-3-4-12)10-13-5-6-14-15(8-13)18-11-17-14/h5-6,8,12H,2-4,7,9-11H2,1H3. The van der Waals surface area contributed by atoms with Crippen LogP contribution in [0.2, 0.25) is 0 Å². The van der Waals surface area contributed by atoms with Crippen LogP contribution in [0.25, 0.3) is 0 Å². The van der Waals surface area contributed by atoms with E-state index in [0.29, 0.717) is 6.79 Å². The molecule has 0 bridgehead atoms. The van der Waals surface area contributed by atoms with E-state index >= 15 is 0 Å². The van der Waals surface area contributed by atoms with Crippen LogP contribution in [0.15, 0.2) is 18.2 Å². The van der Waals surface area contributed by atoms with E-state index in [-0.39, 0.29) is 0 Å². The van der Waals surface area contributed by atoms with Crippen molar-refractivity contribution in [3.63, 3.8) is 0 Å². The zero-order valence-electron chi connectivity index (χ0n) is 11.0. The molecule has 0 saturated heterocycles. The van der Waals surface area contributed by atoms with Crippen LogP contribution in [0.1, 0.15) is 31.7 Å². The molecule has 0 radical (unpaired) electrons. The quantitative estimate of drug-likeness (QED) is 0.771. The second-order valence-electron chi connectivity index (χ2n) is 5.37. The van der Waals surface area contributed by atoms with Gasteiger partial charge in [-0.2, -0.15) is 0 Å². The Hall–Kier alpha value is -1.22. The van der Waals surface area contributed by atoms with Crippen molar-refractivity contribution in [2.24, 2.45) is 5.92 Å². The summed E-state index contributed by atoms with van der Waals surface area (Å²) in [4.78, 5) is 2.56. The molecule has 1 saturated carbocycles. The Morgan fingerprint density at radius 3 is 2.83 bits per heavy atom. The third-order valence-electron chi connectivity index (χ3n) is 3.60. The van der Waals surface area contributed by atoms with Gasteiger partial charge in [-0.25, -0.2) is 0 Å². The predicted octanol–water partition coefficient (Wildman–Crippen LogP) is 3.04. The summed E-state index contributed by atoms with van der Waals surface area (Å²) in [5.41, 5.74) is 1.33. The molecule has 0 spiro atoms. The van der Waals surface area contributed by atoms with Crippen molar-refractivity contribution in [1.29, 1.82) is 0 Å². The Bertz CT molecular complexity index is 415. The van der Waals surface area contributed by atoms with E-state index in [1.54, 1.807) is 0 Å². The van der Waals surface area contributed by atoms with Crippen LogP contribution in [0.5, 0.6) is 11.5 Å². The fraction of sp³-hybridized carbons (Fsp3) is 0.600. The van der Waals surface area contributed by atoms with Crippen LogP contribution in [-0.4, -0.2) is 24.8 Å². The lowest BCUT2D eigenvalue weighted by molar-refractivity contribution is 0.174. The number of hydrogen-bond acceptors (Lipinski definition) is 3. The molecule has 0 aromatic heterocycles. The Morgan fingerprint density at radius 2 is 2.06 bits per heavy atom. The molecule has 3 rings (SSSR count). The lowest BCUT2D eigenvalue weighted by atomic mass is 10.1. The molecular formula is C15H21NO2. The molecule has 1 aromatic rings. The van der Waals surface area contributed by atoms with Gasteiger partial charge >= 0.3 is 0 Å². The maximum atomic E-state index is 5.43. The Kier molecular flexibility index (Phi) is 3.41. The second kappa shape index (κ2) is 5.19. The molecule has 98 valence electrons. The maximum absolute atomic E-state index is 5.43. The van der Waals surface area contributed by atoms with Gasteiger partial charge < -0.3 is 9.47 Å². The number of fused-ring (bicyclic) bond motifs is 1. The Balaban J connectivity index is 1.65. The highest BCUT2D eigenvalue weighted by Crippen LogP contribution is 2.34.